The predicted molar refractivity (Wildman–Crippen MR) is 33.3 cm³/mol. The Morgan fingerprint density at radius 3 is 1.20 bits per heavy atom. The Morgan fingerprint density at radius 2 is 1.20 bits per heavy atom. The summed E-state index contributed by atoms with van der Waals surface area (Å²) in [5, 5.41) is 0. The van der Waals surface area contributed by atoms with Gasteiger partial charge in [-0.2, -0.15) is 0 Å². The van der Waals surface area contributed by atoms with Crippen LogP contribution in [0.5, 0.6) is 0 Å². The van der Waals surface area contributed by atoms with E-state index >= 15 is 0 Å². The molecule has 0 heterocycles. The quantitative estimate of drug-likeness (QED) is 0.174. The summed E-state index contributed by atoms with van der Waals surface area (Å²) < 4.78 is 8.77. The largest absolute Gasteiger partial charge is 1.00 e. The maximum absolute atomic E-state index is 8.77. The standard InChI is InChI=1S/C2H4.2H3N.Na.H3O4P/c1-2;;;;1-5(2,3)4/h1-2H2;2*1H3;;(H3,1,2,3,4)/q;;;+1;/p-1. The van der Waals surface area contributed by atoms with Crippen LogP contribution in [0.25, 0.3) is 0 Å². The average Bonchev–Trinajstić information content (AvgIpc) is 1.36. The fourth-order valence-corrected chi connectivity index (χ4v) is 0. The van der Waals surface area contributed by atoms with Crippen molar-refractivity contribution >= 4 is 7.82 Å². The van der Waals surface area contributed by atoms with E-state index in [4.69, 9.17) is 19.2 Å². The number of phosphoric acid groups is 1. The van der Waals surface area contributed by atoms with E-state index in [-0.39, 0.29) is 41.9 Å². The minimum atomic E-state index is -4.89. The zero-order valence-electron chi connectivity index (χ0n) is 5.99. The smallest absolute Gasteiger partial charge is 0.756 e. The summed E-state index contributed by atoms with van der Waals surface area (Å²) in [6.45, 7) is 6.00. The molecule has 0 aromatic heterocycles. The van der Waals surface area contributed by atoms with Crippen molar-refractivity contribution in [2.45, 2.75) is 0 Å². The number of hydrogen-bond donors (Lipinski definition) is 4. The number of hydrogen-bond acceptors (Lipinski definition) is 4. The van der Waals surface area contributed by atoms with Gasteiger partial charge in [-0.1, -0.05) is 0 Å². The van der Waals surface area contributed by atoms with Gasteiger partial charge in [-0.3, -0.25) is 4.57 Å². The van der Waals surface area contributed by atoms with Crippen LogP contribution in [0, 0.1) is 0 Å². The first-order valence-corrected chi connectivity index (χ1v) is 2.80. The summed E-state index contributed by atoms with van der Waals surface area (Å²) in [5.74, 6) is 0. The Bertz CT molecular complexity index is 77.1. The molecule has 0 bridgehead atoms. The summed E-state index contributed by atoms with van der Waals surface area (Å²) in [7, 11) is -4.89. The monoisotopic (exact) mass is 182 g/mol. The fourth-order valence-electron chi connectivity index (χ4n) is 0. The van der Waals surface area contributed by atoms with E-state index < -0.39 is 7.82 Å². The second-order valence-electron chi connectivity index (χ2n) is 0.491. The van der Waals surface area contributed by atoms with Crippen molar-refractivity contribution < 1.29 is 48.8 Å². The molecule has 0 amide bonds. The van der Waals surface area contributed by atoms with Crippen LogP contribution in [-0.4, -0.2) is 9.79 Å². The molecule has 0 aromatic rings. The Labute approximate surface area is 82.0 Å². The molecule has 0 aliphatic rings. The third-order valence-electron chi connectivity index (χ3n) is 0. The summed E-state index contributed by atoms with van der Waals surface area (Å²) in [5.41, 5.74) is 0. The first-order valence-electron chi connectivity index (χ1n) is 1.27. The zero-order chi connectivity index (χ0) is 6.50. The zero-order valence-corrected chi connectivity index (χ0v) is 8.88. The van der Waals surface area contributed by atoms with Gasteiger partial charge < -0.3 is 27.0 Å². The Kier molecular flexibility index (Phi) is 50.6. The van der Waals surface area contributed by atoms with E-state index in [2.05, 4.69) is 13.2 Å². The molecule has 8 heteroatoms. The van der Waals surface area contributed by atoms with Gasteiger partial charge in [0.1, 0.15) is 0 Å². The van der Waals surface area contributed by atoms with Gasteiger partial charge in [0.2, 0.25) is 0 Å². The van der Waals surface area contributed by atoms with E-state index in [1.54, 1.807) is 0 Å². The summed E-state index contributed by atoms with van der Waals surface area (Å²) in [4.78, 5) is 22.9. The molecule has 0 unspecified atom stereocenters. The van der Waals surface area contributed by atoms with Crippen molar-refractivity contribution in [2.24, 2.45) is 0 Å². The van der Waals surface area contributed by atoms with E-state index in [0.717, 1.165) is 0 Å². The molecule has 0 saturated heterocycles. The maximum atomic E-state index is 8.77. The van der Waals surface area contributed by atoms with Crippen molar-refractivity contribution in [3.8, 4) is 0 Å². The minimum absolute atomic E-state index is 0. The molecular weight excluding hydrogens is 170 g/mol. The van der Waals surface area contributed by atoms with Gasteiger partial charge in [-0.15, -0.1) is 13.2 Å². The van der Waals surface area contributed by atoms with Crippen molar-refractivity contribution in [1.82, 2.24) is 12.3 Å². The maximum Gasteiger partial charge on any atom is 1.00 e. The van der Waals surface area contributed by atoms with Crippen molar-refractivity contribution in [3.63, 3.8) is 0 Å². The molecule has 6 nitrogen and oxygen atoms in total. The molecule has 0 radical (unpaired) electrons. The summed E-state index contributed by atoms with van der Waals surface area (Å²) in [6, 6.07) is 0. The van der Waals surface area contributed by atoms with Crippen LogP contribution < -0.4 is 46.8 Å². The van der Waals surface area contributed by atoms with Crippen LogP contribution in [-0.2, 0) is 4.57 Å². The van der Waals surface area contributed by atoms with Crippen LogP contribution in [0.1, 0.15) is 0 Å². The molecule has 0 saturated carbocycles. The average molecular weight is 182 g/mol. The van der Waals surface area contributed by atoms with E-state index in [9.17, 15) is 0 Å². The molecule has 0 aliphatic heterocycles. The van der Waals surface area contributed by atoms with Crippen LogP contribution in [0.2, 0.25) is 0 Å². The first-order chi connectivity index (χ1) is 3.00. The topological polar surface area (TPSA) is 151 Å². The summed E-state index contributed by atoms with van der Waals surface area (Å²) >= 11 is 0. The molecule has 10 heavy (non-hydrogen) atoms. The molecule has 0 atom stereocenters. The number of rotatable bonds is 0. The van der Waals surface area contributed by atoms with Crippen molar-refractivity contribution in [3.05, 3.63) is 13.2 Å². The Hall–Kier alpha value is 0.770. The van der Waals surface area contributed by atoms with Gasteiger partial charge in [0.05, 0.1) is 0 Å². The van der Waals surface area contributed by atoms with E-state index in [0.29, 0.717) is 0 Å². The first kappa shape index (κ1) is 30.9. The Balaban J connectivity index is -0.0000000154. The molecule has 0 aliphatic carbocycles. The SMILES string of the molecule is C=C.N.N.O=P([O-])(O)O.[Na+]. The van der Waals surface area contributed by atoms with Crippen LogP contribution in [0.3, 0.4) is 0 Å². The Morgan fingerprint density at radius 1 is 1.20 bits per heavy atom. The third kappa shape index (κ3) is 893. The molecule has 8 N–H and O–H groups in total. The fraction of sp³-hybridized carbons (Fsp3) is 0. The van der Waals surface area contributed by atoms with Crippen molar-refractivity contribution in [2.75, 3.05) is 0 Å². The molecular formula is C2H12N2NaO4P. The van der Waals surface area contributed by atoms with Gasteiger partial charge in [-0.25, -0.2) is 0 Å². The van der Waals surface area contributed by atoms with E-state index in [1.165, 1.54) is 0 Å². The molecule has 0 rings (SSSR count). The van der Waals surface area contributed by atoms with Gasteiger partial charge in [0.25, 0.3) is 7.82 Å². The van der Waals surface area contributed by atoms with Crippen LogP contribution >= 0.6 is 7.82 Å². The van der Waals surface area contributed by atoms with Crippen LogP contribution in [0.15, 0.2) is 13.2 Å². The van der Waals surface area contributed by atoms with Gasteiger partial charge in [0, 0.05) is 0 Å². The molecule has 0 spiro atoms. The predicted octanol–water partition coefficient (Wildman–Crippen LogP) is -3.43. The normalized spacial score (nSPS) is 6.30. The third-order valence-corrected chi connectivity index (χ3v) is 0. The van der Waals surface area contributed by atoms with Gasteiger partial charge >= 0.3 is 29.6 Å². The van der Waals surface area contributed by atoms with Crippen LogP contribution in [0.4, 0.5) is 0 Å². The van der Waals surface area contributed by atoms with Gasteiger partial charge in [-0.05, 0) is 0 Å². The second-order valence-corrected chi connectivity index (χ2v) is 1.47. The van der Waals surface area contributed by atoms with Crippen molar-refractivity contribution in [1.29, 1.82) is 0 Å². The molecule has 0 fully saturated rings. The molecule has 60 valence electrons. The van der Waals surface area contributed by atoms with Gasteiger partial charge in [0.15, 0.2) is 0 Å². The second kappa shape index (κ2) is 16.4. The minimum Gasteiger partial charge on any atom is -0.756 e. The molecule has 0 aromatic carbocycles. The van der Waals surface area contributed by atoms with E-state index in [1.807, 2.05) is 0 Å². The summed E-state index contributed by atoms with van der Waals surface area (Å²) in [6.07, 6.45) is 0.